The Labute approximate surface area is 156 Å². The quantitative estimate of drug-likeness (QED) is 0.715. The fourth-order valence-corrected chi connectivity index (χ4v) is 3.24. The standard InChI is InChI=1S/C17H13F3N2O4S/c18-10-3-1-8(7-11(10)19)21-16(23)9-2-4-13(27-20)14-12(22-17(24)25)5-6-26-15(9)14/h1-4,7,12,22H,5-6H2,(H,21,23)(H,24,25)/t12-/m0/s1. The molecule has 0 radical (unpaired) electrons. The van der Waals surface area contributed by atoms with Crippen molar-refractivity contribution in [2.75, 3.05) is 11.9 Å². The number of fused-ring (bicyclic) bond motifs is 1. The van der Waals surface area contributed by atoms with Gasteiger partial charge in [-0.15, -0.1) is 0 Å². The average molecular weight is 398 g/mol. The molecule has 2 aromatic rings. The van der Waals surface area contributed by atoms with Gasteiger partial charge in [-0.05, 0) is 24.3 Å². The molecule has 0 saturated heterocycles. The van der Waals surface area contributed by atoms with E-state index in [1.807, 2.05) is 0 Å². The van der Waals surface area contributed by atoms with Crippen LogP contribution in [0.4, 0.5) is 23.1 Å². The van der Waals surface area contributed by atoms with Crippen LogP contribution in [0.1, 0.15) is 28.4 Å². The van der Waals surface area contributed by atoms with Crippen molar-refractivity contribution >= 4 is 29.8 Å². The fourth-order valence-electron chi connectivity index (χ4n) is 2.80. The van der Waals surface area contributed by atoms with E-state index in [-0.39, 0.29) is 52.6 Å². The van der Waals surface area contributed by atoms with Gasteiger partial charge in [-0.25, -0.2) is 13.6 Å². The number of carbonyl (C=O) groups is 2. The first kappa shape index (κ1) is 18.9. The van der Waals surface area contributed by atoms with E-state index in [0.717, 1.165) is 12.1 Å². The largest absolute Gasteiger partial charge is 0.492 e. The predicted molar refractivity (Wildman–Crippen MR) is 91.7 cm³/mol. The highest BCUT2D eigenvalue weighted by Gasteiger charge is 2.30. The number of halogens is 3. The first-order valence-electron chi connectivity index (χ1n) is 7.75. The number of carbonyl (C=O) groups excluding carboxylic acids is 1. The fraction of sp³-hybridized carbons (Fsp3) is 0.176. The van der Waals surface area contributed by atoms with E-state index >= 15 is 0 Å². The van der Waals surface area contributed by atoms with E-state index < -0.39 is 29.7 Å². The van der Waals surface area contributed by atoms with Crippen molar-refractivity contribution in [1.82, 2.24) is 5.32 Å². The maximum absolute atomic E-state index is 13.3. The molecule has 1 heterocycles. The van der Waals surface area contributed by atoms with Crippen molar-refractivity contribution in [2.45, 2.75) is 17.4 Å². The van der Waals surface area contributed by atoms with Gasteiger partial charge in [-0.1, -0.05) is 0 Å². The molecule has 3 N–H and O–H groups in total. The summed E-state index contributed by atoms with van der Waals surface area (Å²) in [6.07, 6.45) is -1.03. The Kier molecular flexibility index (Phi) is 5.45. The number of rotatable bonds is 4. The van der Waals surface area contributed by atoms with Crippen LogP contribution in [-0.4, -0.2) is 23.7 Å². The maximum Gasteiger partial charge on any atom is 0.405 e. The minimum Gasteiger partial charge on any atom is -0.492 e. The zero-order valence-corrected chi connectivity index (χ0v) is 14.4. The highest BCUT2D eigenvalue weighted by molar-refractivity contribution is 7.94. The molecule has 1 aliphatic heterocycles. The van der Waals surface area contributed by atoms with Crippen LogP contribution in [-0.2, 0) is 0 Å². The second-order valence-electron chi connectivity index (χ2n) is 5.65. The molecule has 6 nitrogen and oxygen atoms in total. The van der Waals surface area contributed by atoms with Crippen LogP contribution in [0.2, 0.25) is 0 Å². The summed E-state index contributed by atoms with van der Waals surface area (Å²) in [7, 11) is 0. The summed E-state index contributed by atoms with van der Waals surface area (Å²) in [5.41, 5.74) is 0.256. The van der Waals surface area contributed by atoms with Gasteiger partial charge in [0.15, 0.2) is 11.6 Å². The summed E-state index contributed by atoms with van der Waals surface area (Å²) in [5, 5.41) is 13.7. The second kappa shape index (κ2) is 7.78. The number of ether oxygens (including phenoxy) is 1. The molecule has 0 aliphatic carbocycles. The molecule has 2 aromatic carbocycles. The highest BCUT2D eigenvalue weighted by atomic mass is 32.2. The van der Waals surface area contributed by atoms with E-state index in [9.17, 15) is 22.3 Å². The number of hydrogen-bond acceptors (Lipinski definition) is 4. The molecular formula is C17H13F3N2O4S. The van der Waals surface area contributed by atoms with E-state index in [0.29, 0.717) is 0 Å². The van der Waals surface area contributed by atoms with Crippen LogP contribution in [0.5, 0.6) is 5.75 Å². The lowest BCUT2D eigenvalue weighted by atomic mass is 9.97. The minimum atomic E-state index is -1.29. The molecule has 1 atom stereocenters. The van der Waals surface area contributed by atoms with Crippen molar-refractivity contribution in [3.63, 3.8) is 0 Å². The third kappa shape index (κ3) is 3.95. The van der Waals surface area contributed by atoms with E-state index in [4.69, 9.17) is 9.84 Å². The number of nitrogens with one attached hydrogen (secondary N) is 2. The highest BCUT2D eigenvalue weighted by Crippen LogP contribution is 2.42. The predicted octanol–water partition coefficient (Wildman–Crippen LogP) is 4.28. The Bertz CT molecular complexity index is 910. The molecule has 142 valence electrons. The molecule has 1 aliphatic rings. The topological polar surface area (TPSA) is 87.7 Å². The Hall–Kier alpha value is -2.88. The number of hydrogen-bond donors (Lipinski definition) is 3. The van der Waals surface area contributed by atoms with Crippen LogP contribution in [0.3, 0.4) is 0 Å². The van der Waals surface area contributed by atoms with Gasteiger partial charge in [-0.2, -0.15) is 3.89 Å². The van der Waals surface area contributed by atoms with Gasteiger partial charge in [0, 0.05) is 28.6 Å². The lowest BCUT2D eigenvalue weighted by molar-refractivity contribution is 0.102. The van der Waals surface area contributed by atoms with Crippen LogP contribution in [0.25, 0.3) is 0 Å². The Morgan fingerprint density at radius 1 is 1.19 bits per heavy atom. The van der Waals surface area contributed by atoms with Crippen molar-refractivity contribution < 1.29 is 32.1 Å². The van der Waals surface area contributed by atoms with Crippen LogP contribution >= 0.6 is 12.1 Å². The van der Waals surface area contributed by atoms with Crippen molar-refractivity contribution in [3.8, 4) is 5.75 Å². The second-order valence-corrected chi connectivity index (χ2v) is 6.25. The normalized spacial score (nSPS) is 15.4. The van der Waals surface area contributed by atoms with Gasteiger partial charge in [0.05, 0.1) is 30.4 Å². The number of carboxylic acid groups (broad SMARTS) is 1. The smallest absolute Gasteiger partial charge is 0.405 e. The zero-order chi connectivity index (χ0) is 19.6. The SMILES string of the molecule is O=C(O)N[C@H]1CCOc2c(C(=O)Nc3ccc(F)c(F)c3)ccc(SF)c21. The van der Waals surface area contributed by atoms with Crippen LogP contribution in [0.15, 0.2) is 35.2 Å². The molecule has 3 rings (SSSR count). The monoisotopic (exact) mass is 398 g/mol. The summed E-state index contributed by atoms with van der Waals surface area (Å²) in [6, 6.07) is 4.77. The first-order valence-corrected chi connectivity index (χ1v) is 8.46. The maximum atomic E-state index is 13.3. The van der Waals surface area contributed by atoms with Gasteiger partial charge in [0.1, 0.15) is 5.75 Å². The van der Waals surface area contributed by atoms with E-state index in [2.05, 4.69) is 10.6 Å². The minimum absolute atomic E-state index is 0.0180. The molecule has 0 bridgehead atoms. The van der Waals surface area contributed by atoms with Gasteiger partial charge in [0.2, 0.25) is 0 Å². The third-order valence-corrected chi connectivity index (χ3v) is 4.48. The molecule has 10 heteroatoms. The Balaban J connectivity index is 1.97. The summed E-state index contributed by atoms with van der Waals surface area (Å²) in [5.74, 6) is -2.83. The van der Waals surface area contributed by atoms with Gasteiger partial charge < -0.3 is 20.5 Å². The van der Waals surface area contributed by atoms with Gasteiger partial charge in [-0.3, -0.25) is 4.79 Å². The molecule has 0 fully saturated rings. The van der Waals surface area contributed by atoms with Crippen LogP contribution in [0, 0.1) is 11.6 Å². The van der Waals surface area contributed by atoms with E-state index in [1.54, 1.807) is 0 Å². The number of amides is 2. The average Bonchev–Trinajstić information content (AvgIpc) is 2.63. The zero-order valence-electron chi connectivity index (χ0n) is 13.6. The first-order chi connectivity index (χ1) is 12.9. The van der Waals surface area contributed by atoms with Crippen LogP contribution < -0.4 is 15.4 Å². The number of anilines is 1. The molecule has 27 heavy (non-hydrogen) atoms. The lowest BCUT2D eigenvalue weighted by Gasteiger charge is -2.28. The molecular weight excluding hydrogens is 385 g/mol. The van der Waals surface area contributed by atoms with Gasteiger partial charge in [0.25, 0.3) is 5.91 Å². The molecule has 0 spiro atoms. The Morgan fingerprint density at radius 2 is 1.96 bits per heavy atom. The van der Waals surface area contributed by atoms with Gasteiger partial charge >= 0.3 is 6.09 Å². The summed E-state index contributed by atoms with van der Waals surface area (Å²) in [4.78, 5) is 23.7. The molecule has 0 unspecified atom stereocenters. The lowest BCUT2D eigenvalue weighted by Crippen LogP contribution is -2.32. The molecule has 2 amide bonds. The summed E-state index contributed by atoms with van der Waals surface area (Å²) >= 11 is -0.0937. The summed E-state index contributed by atoms with van der Waals surface area (Å²) < 4.78 is 45.1. The third-order valence-electron chi connectivity index (χ3n) is 3.96. The van der Waals surface area contributed by atoms with E-state index in [1.165, 1.54) is 18.2 Å². The summed E-state index contributed by atoms with van der Waals surface area (Å²) in [6.45, 7) is 0.115. The molecule has 0 aromatic heterocycles. The van der Waals surface area contributed by atoms with Crippen molar-refractivity contribution in [1.29, 1.82) is 0 Å². The van der Waals surface area contributed by atoms with Crippen molar-refractivity contribution in [2.24, 2.45) is 0 Å². The Morgan fingerprint density at radius 3 is 2.63 bits per heavy atom. The molecule has 0 saturated carbocycles. The van der Waals surface area contributed by atoms with Crippen molar-refractivity contribution in [3.05, 3.63) is 53.1 Å². The number of benzene rings is 2.